The van der Waals surface area contributed by atoms with E-state index in [4.69, 9.17) is 9.84 Å². The van der Waals surface area contributed by atoms with Crippen LogP contribution in [0.1, 0.15) is 77.6 Å². The molecule has 6 N–H and O–H groups in total. The van der Waals surface area contributed by atoms with E-state index in [9.17, 15) is 25.2 Å². The number of nitrogens with one attached hydrogen (secondary N) is 1. The zero-order valence-electron chi connectivity index (χ0n) is 17.0. The van der Waals surface area contributed by atoms with Gasteiger partial charge in [-0.25, -0.2) is 0 Å². The Morgan fingerprint density at radius 2 is 1.54 bits per heavy atom. The van der Waals surface area contributed by atoms with Crippen molar-refractivity contribution in [1.29, 1.82) is 0 Å². The maximum Gasteiger partial charge on any atom is 0.223 e. The van der Waals surface area contributed by atoms with Gasteiger partial charge in [-0.15, -0.1) is 0 Å². The topological polar surface area (TPSA) is 139 Å². The summed E-state index contributed by atoms with van der Waals surface area (Å²) in [5, 5.41) is 51.1. The molecule has 1 aliphatic heterocycles. The van der Waals surface area contributed by atoms with Crippen molar-refractivity contribution in [2.24, 2.45) is 0 Å². The van der Waals surface area contributed by atoms with Crippen molar-refractivity contribution in [1.82, 2.24) is 5.32 Å². The number of hydrogen-bond acceptors (Lipinski definition) is 7. The molecule has 1 saturated heterocycles. The summed E-state index contributed by atoms with van der Waals surface area (Å²) >= 11 is 0. The molecule has 28 heavy (non-hydrogen) atoms. The van der Waals surface area contributed by atoms with Crippen molar-refractivity contribution in [3.05, 3.63) is 0 Å². The maximum absolute atomic E-state index is 12.1. The van der Waals surface area contributed by atoms with Crippen LogP contribution in [0.2, 0.25) is 0 Å². The predicted octanol–water partition coefficient (Wildman–Crippen LogP) is 0.574. The third-order valence-corrected chi connectivity index (χ3v) is 5.29. The zero-order valence-corrected chi connectivity index (χ0v) is 17.0. The predicted molar refractivity (Wildman–Crippen MR) is 104 cm³/mol. The van der Waals surface area contributed by atoms with Gasteiger partial charge in [-0.3, -0.25) is 4.79 Å². The standard InChI is InChI=1S/C20H39NO7/c1-2-3-4-5-6-7-8-9-10-11-14(23)12-16(24)21-17-19(26)18(25)15(13-22)28-20(17)27/h14-15,17-20,22-23,25-27H,2-13H2,1H3,(H,21,24)/t14-,15-,17-,18-,19-,20?/m1/s1. The lowest BCUT2D eigenvalue weighted by Crippen LogP contribution is -2.64. The first kappa shape index (κ1) is 25.3. The minimum Gasteiger partial charge on any atom is -0.394 e. The summed E-state index contributed by atoms with van der Waals surface area (Å²) in [5.74, 6) is -0.537. The molecular formula is C20H39NO7. The van der Waals surface area contributed by atoms with Gasteiger partial charge in [0.1, 0.15) is 24.4 Å². The second-order valence-electron chi connectivity index (χ2n) is 7.80. The average Bonchev–Trinajstić information content (AvgIpc) is 2.66. The van der Waals surface area contributed by atoms with Gasteiger partial charge in [0.15, 0.2) is 6.29 Å². The number of aliphatic hydroxyl groups excluding tert-OH is 5. The summed E-state index contributed by atoms with van der Waals surface area (Å²) in [7, 11) is 0. The molecule has 0 bridgehead atoms. The van der Waals surface area contributed by atoms with Crippen LogP contribution in [0.4, 0.5) is 0 Å². The van der Waals surface area contributed by atoms with E-state index in [0.717, 1.165) is 19.3 Å². The summed E-state index contributed by atoms with van der Waals surface area (Å²) in [6, 6.07) is -1.22. The molecule has 0 radical (unpaired) electrons. The molecule has 6 atom stereocenters. The average molecular weight is 406 g/mol. The molecular weight excluding hydrogens is 366 g/mol. The number of carbonyl (C=O) groups excluding carboxylic acids is 1. The van der Waals surface area contributed by atoms with Crippen molar-refractivity contribution in [2.75, 3.05) is 6.61 Å². The molecule has 1 unspecified atom stereocenters. The van der Waals surface area contributed by atoms with E-state index in [-0.39, 0.29) is 6.42 Å². The molecule has 0 saturated carbocycles. The Kier molecular flexibility index (Phi) is 12.9. The molecule has 1 heterocycles. The van der Waals surface area contributed by atoms with Crippen LogP contribution in [0.25, 0.3) is 0 Å². The normalized spacial score (nSPS) is 28.9. The number of hydrogen-bond donors (Lipinski definition) is 6. The Morgan fingerprint density at radius 1 is 0.964 bits per heavy atom. The molecule has 1 aliphatic rings. The van der Waals surface area contributed by atoms with Crippen molar-refractivity contribution in [3.8, 4) is 0 Å². The Hall–Kier alpha value is -0.770. The fourth-order valence-corrected chi connectivity index (χ4v) is 3.50. The van der Waals surface area contributed by atoms with Gasteiger partial charge in [-0.05, 0) is 6.42 Å². The van der Waals surface area contributed by atoms with Gasteiger partial charge < -0.3 is 35.6 Å². The molecule has 1 rings (SSSR count). The molecule has 1 amide bonds. The molecule has 0 spiro atoms. The molecule has 8 heteroatoms. The summed E-state index contributed by atoms with van der Waals surface area (Å²) in [6.45, 7) is 1.64. The van der Waals surface area contributed by atoms with E-state index in [1.54, 1.807) is 0 Å². The summed E-state index contributed by atoms with van der Waals surface area (Å²) in [5.41, 5.74) is 0. The molecule has 8 nitrogen and oxygen atoms in total. The zero-order chi connectivity index (χ0) is 20.9. The number of rotatable bonds is 14. The van der Waals surface area contributed by atoms with Gasteiger partial charge >= 0.3 is 0 Å². The van der Waals surface area contributed by atoms with E-state index in [1.165, 1.54) is 38.5 Å². The highest BCUT2D eigenvalue weighted by molar-refractivity contribution is 5.76. The Morgan fingerprint density at radius 3 is 2.11 bits per heavy atom. The minimum absolute atomic E-state index is 0.146. The summed E-state index contributed by atoms with van der Waals surface area (Å²) in [4.78, 5) is 12.1. The quantitative estimate of drug-likeness (QED) is 0.232. The first-order valence-corrected chi connectivity index (χ1v) is 10.7. The highest BCUT2D eigenvalue weighted by Crippen LogP contribution is 2.20. The fourth-order valence-electron chi connectivity index (χ4n) is 3.50. The summed E-state index contributed by atoms with van der Waals surface area (Å²) < 4.78 is 4.99. The Balaban J connectivity index is 2.17. The number of unbranched alkanes of at least 4 members (excludes halogenated alkanes) is 8. The number of amides is 1. The van der Waals surface area contributed by atoms with Gasteiger partial charge in [0.25, 0.3) is 0 Å². The lowest BCUT2D eigenvalue weighted by atomic mass is 9.96. The Bertz CT molecular complexity index is 423. The summed E-state index contributed by atoms with van der Waals surface area (Å²) in [6.07, 6.45) is 4.61. The molecule has 0 aromatic carbocycles. The maximum atomic E-state index is 12.1. The Labute approximate surface area is 167 Å². The lowest BCUT2D eigenvalue weighted by Gasteiger charge is -2.40. The number of carbonyl (C=O) groups is 1. The van der Waals surface area contributed by atoms with Gasteiger partial charge in [-0.2, -0.15) is 0 Å². The van der Waals surface area contributed by atoms with Gasteiger partial charge in [0.2, 0.25) is 5.91 Å². The molecule has 0 aliphatic carbocycles. The second-order valence-corrected chi connectivity index (χ2v) is 7.80. The highest BCUT2D eigenvalue weighted by atomic mass is 16.6. The van der Waals surface area contributed by atoms with E-state index in [0.29, 0.717) is 6.42 Å². The van der Waals surface area contributed by atoms with Crippen LogP contribution in [0, 0.1) is 0 Å². The molecule has 166 valence electrons. The largest absolute Gasteiger partial charge is 0.394 e. The van der Waals surface area contributed by atoms with Crippen molar-refractivity contribution in [3.63, 3.8) is 0 Å². The minimum atomic E-state index is -1.55. The van der Waals surface area contributed by atoms with E-state index >= 15 is 0 Å². The van der Waals surface area contributed by atoms with Crippen molar-refractivity contribution in [2.45, 2.75) is 114 Å². The van der Waals surface area contributed by atoms with Crippen LogP contribution >= 0.6 is 0 Å². The van der Waals surface area contributed by atoms with Crippen molar-refractivity contribution >= 4 is 5.91 Å². The second kappa shape index (κ2) is 14.3. The van der Waals surface area contributed by atoms with E-state index < -0.39 is 49.3 Å². The first-order chi connectivity index (χ1) is 13.4. The van der Waals surface area contributed by atoms with Crippen LogP contribution in [0.15, 0.2) is 0 Å². The third-order valence-electron chi connectivity index (χ3n) is 5.29. The van der Waals surface area contributed by atoms with Gasteiger partial charge in [0.05, 0.1) is 19.1 Å². The van der Waals surface area contributed by atoms with Crippen LogP contribution in [-0.2, 0) is 9.53 Å². The molecule has 1 fully saturated rings. The van der Waals surface area contributed by atoms with Crippen LogP contribution < -0.4 is 5.32 Å². The van der Waals surface area contributed by atoms with Crippen LogP contribution in [-0.4, -0.2) is 74.8 Å². The molecule has 0 aromatic rings. The number of ether oxygens (including phenoxy) is 1. The highest BCUT2D eigenvalue weighted by Gasteiger charge is 2.44. The molecule has 0 aromatic heterocycles. The first-order valence-electron chi connectivity index (χ1n) is 10.7. The van der Waals surface area contributed by atoms with E-state index in [1.807, 2.05) is 0 Å². The van der Waals surface area contributed by atoms with Gasteiger partial charge in [-0.1, -0.05) is 64.7 Å². The lowest BCUT2D eigenvalue weighted by molar-refractivity contribution is -0.254. The SMILES string of the molecule is CCCCCCCCCCC[C@@H](O)CC(=O)N[C@H]1C(O)O[C@H](CO)[C@@H](O)[C@@H]1O. The van der Waals surface area contributed by atoms with Crippen LogP contribution in [0.5, 0.6) is 0 Å². The van der Waals surface area contributed by atoms with Crippen molar-refractivity contribution < 1.29 is 35.1 Å². The van der Waals surface area contributed by atoms with Gasteiger partial charge in [0, 0.05) is 0 Å². The number of aliphatic hydroxyl groups is 5. The van der Waals surface area contributed by atoms with E-state index in [2.05, 4.69) is 12.2 Å². The smallest absolute Gasteiger partial charge is 0.223 e. The fraction of sp³-hybridized carbons (Fsp3) is 0.950. The van der Waals surface area contributed by atoms with Crippen LogP contribution in [0.3, 0.4) is 0 Å². The monoisotopic (exact) mass is 405 g/mol. The third kappa shape index (κ3) is 9.15.